The number of anilines is 2. The van der Waals surface area contributed by atoms with Gasteiger partial charge in [0.25, 0.3) is 0 Å². The highest BCUT2D eigenvalue weighted by Crippen LogP contribution is 2.47. The number of allylic oxidation sites excluding steroid dienone is 2. The molecule has 5 heteroatoms. The van der Waals surface area contributed by atoms with Gasteiger partial charge in [0.1, 0.15) is 0 Å². The zero-order valence-corrected chi connectivity index (χ0v) is 21.2. The number of nitriles is 1. The van der Waals surface area contributed by atoms with Crippen LogP contribution in [0.5, 0.6) is 0 Å². The summed E-state index contributed by atoms with van der Waals surface area (Å²) in [4.78, 5) is 7.30. The first kappa shape index (κ1) is 22.9. The molecule has 0 amide bonds. The van der Waals surface area contributed by atoms with Crippen molar-refractivity contribution < 1.29 is 0 Å². The first-order valence-electron chi connectivity index (χ1n) is 13.1. The van der Waals surface area contributed by atoms with Crippen LogP contribution in [0.1, 0.15) is 22.6 Å². The topological polar surface area (TPSA) is 57.7 Å². The molecule has 0 saturated carbocycles. The smallest absolute Gasteiger partial charge is 0.181 e. The van der Waals surface area contributed by atoms with Crippen molar-refractivity contribution in [3.8, 4) is 28.8 Å². The highest BCUT2D eigenvalue weighted by molar-refractivity contribution is 5.76. The Balaban J connectivity index is 1.22. The summed E-state index contributed by atoms with van der Waals surface area (Å²) in [5.41, 5.74) is 7.37. The Hall–Kier alpha value is -5.21. The molecule has 7 rings (SSSR count). The maximum atomic E-state index is 9.45. The predicted molar refractivity (Wildman–Crippen MR) is 155 cm³/mol. The Bertz CT molecular complexity index is 1740. The zero-order chi connectivity index (χ0) is 26.2. The molecule has 5 nitrogen and oxygen atoms in total. The minimum Gasteiger partial charge on any atom is -0.333 e. The van der Waals surface area contributed by atoms with Crippen LogP contribution >= 0.6 is 0 Å². The third-order valence-corrected chi connectivity index (χ3v) is 7.46. The molecule has 1 aliphatic carbocycles. The summed E-state index contributed by atoms with van der Waals surface area (Å²) in [5, 5.41) is 14.4. The highest BCUT2D eigenvalue weighted by atomic mass is 15.3. The molecule has 0 fully saturated rings. The number of benzene rings is 4. The zero-order valence-electron chi connectivity index (χ0n) is 21.2. The molecule has 1 aromatic heterocycles. The van der Waals surface area contributed by atoms with Crippen LogP contribution in [0.4, 0.5) is 11.4 Å². The van der Waals surface area contributed by atoms with E-state index in [2.05, 4.69) is 77.7 Å². The quantitative estimate of drug-likeness (QED) is 0.253. The minimum absolute atomic E-state index is 0.193. The van der Waals surface area contributed by atoms with Gasteiger partial charge in [0.05, 0.1) is 24.2 Å². The predicted octanol–water partition coefficient (Wildman–Crippen LogP) is 7.26. The molecule has 39 heavy (non-hydrogen) atoms. The van der Waals surface area contributed by atoms with E-state index in [1.165, 1.54) is 5.56 Å². The standard InChI is InChI=1S/C34H25N5/c35-22-25-17-20-32-30(21-25)29-13-7-8-14-31(29)39(32)28-18-15-24(16-19-28)23-38-34(27-11-5-2-6-12-27)36-33(37-38)26-9-3-1-4-10-26/h1-21,29,31H,23H2. The lowest BCUT2D eigenvalue weighted by atomic mass is 9.91. The van der Waals surface area contributed by atoms with Crippen LogP contribution in [0.3, 0.4) is 0 Å². The molecule has 186 valence electrons. The normalized spacial score (nSPS) is 17.1. The van der Waals surface area contributed by atoms with Gasteiger partial charge in [0, 0.05) is 28.4 Å². The summed E-state index contributed by atoms with van der Waals surface area (Å²) >= 11 is 0. The summed E-state index contributed by atoms with van der Waals surface area (Å²) in [6, 6.07) is 37.5. The molecule has 0 bridgehead atoms. The number of hydrogen-bond acceptors (Lipinski definition) is 4. The Morgan fingerprint density at radius 1 is 0.769 bits per heavy atom. The summed E-state index contributed by atoms with van der Waals surface area (Å²) < 4.78 is 1.99. The van der Waals surface area contributed by atoms with Gasteiger partial charge in [-0.15, -0.1) is 0 Å². The van der Waals surface area contributed by atoms with Gasteiger partial charge in [-0.05, 0) is 41.5 Å². The average molecular weight is 504 g/mol. The van der Waals surface area contributed by atoms with Gasteiger partial charge in [0.2, 0.25) is 0 Å². The molecule has 2 aliphatic rings. The summed E-state index contributed by atoms with van der Waals surface area (Å²) in [6.45, 7) is 0.612. The van der Waals surface area contributed by atoms with Crippen LogP contribution in [0, 0.1) is 11.3 Å². The molecule has 1 aliphatic heterocycles. The van der Waals surface area contributed by atoms with Gasteiger partial charge >= 0.3 is 0 Å². The Labute approximate surface area is 227 Å². The molecule has 0 N–H and O–H groups in total. The fourth-order valence-corrected chi connectivity index (χ4v) is 5.61. The van der Waals surface area contributed by atoms with Gasteiger partial charge in [-0.25, -0.2) is 9.67 Å². The van der Waals surface area contributed by atoms with Crippen LogP contribution in [0.15, 0.2) is 127 Å². The van der Waals surface area contributed by atoms with Crippen molar-refractivity contribution in [1.82, 2.24) is 14.8 Å². The van der Waals surface area contributed by atoms with E-state index in [-0.39, 0.29) is 12.0 Å². The van der Waals surface area contributed by atoms with Crippen LogP contribution in [0.2, 0.25) is 0 Å². The van der Waals surface area contributed by atoms with Crippen LogP contribution in [-0.4, -0.2) is 20.8 Å². The third kappa shape index (κ3) is 4.13. The van der Waals surface area contributed by atoms with E-state index < -0.39 is 0 Å². The Morgan fingerprint density at radius 2 is 1.49 bits per heavy atom. The molecular formula is C34H25N5. The van der Waals surface area contributed by atoms with Crippen LogP contribution in [-0.2, 0) is 6.54 Å². The van der Waals surface area contributed by atoms with E-state index in [1.54, 1.807) is 0 Å². The van der Waals surface area contributed by atoms with Gasteiger partial charge < -0.3 is 4.90 Å². The van der Waals surface area contributed by atoms with E-state index in [4.69, 9.17) is 10.1 Å². The van der Waals surface area contributed by atoms with E-state index in [0.29, 0.717) is 12.1 Å². The first-order valence-corrected chi connectivity index (χ1v) is 13.1. The third-order valence-electron chi connectivity index (χ3n) is 7.46. The number of fused-ring (bicyclic) bond motifs is 3. The monoisotopic (exact) mass is 503 g/mol. The lowest BCUT2D eigenvalue weighted by Crippen LogP contribution is -2.28. The van der Waals surface area contributed by atoms with E-state index in [0.717, 1.165) is 39.7 Å². The highest BCUT2D eigenvalue weighted by Gasteiger charge is 2.37. The second kappa shape index (κ2) is 9.59. The van der Waals surface area contributed by atoms with Crippen molar-refractivity contribution in [2.45, 2.75) is 18.5 Å². The van der Waals surface area contributed by atoms with E-state index in [9.17, 15) is 5.26 Å². The SMILES string of the molecule is N#Cc1ccc2c(c1)C1C=CC=CC1N2c1ccc(Cn2nc(-c3ccccc3)nc2-c2ccccc2)cc1. The lowest BCUT2D eigenvalue weighted by Gasteiger charge is -2.28. The Morgan fingerprint density at radius 3 is 2.23 bits per heavy atom. The second-order valence-electron chi connectivity index (χ2n) is 9.86. The number of aromatic nitrogens is 3. The maximum absolute atomic E-state index is 9.45. The summed E-state index contributed by atoms with van der Waals surface area (Å²) in [6.07, 6.45) is 8.69. The van der Waals surface area contributed by atoms with E-state index in [1.807, 2.05) is 65.3 Å². The molecule has 2 heterocycles. The Kier molecular flexibility index (Phi) is 5.64. The van der Waals surface area contributed by atoms with Crippen molar-refractivity contribution in [1.29, 1.82) is 5.26 Å². The maximum Gasteiger partial charge on any atom is 0.181 e. The van der Waals surface area contributed by atoms with Crippen molar-refractivity contribution >= 4 is 11.4 Å². The number of hydrogen-bond donors (Lipinski definition) is 0. The lowest BCUT2D eigenvalue weighted by molar-refractivity contribution is 0.695. The van der Waals surface area contributed by atoms with Crippen molar-refractivity contribution in [3.05, 3.63) is 144 Å². The van der Waals surface area contributed by atoms with E-state index >= 15 is 0 Å². The fourth-order valence-electron chi connectivity index (χ4n) is 5.61. The van der Waals surface area contributed by atoms with Crippen molar-refractivity contribution in [2.75, 3.05) is 4.90 Å². The molecule has 2 unspecified atom stereocenters. The molecule has 4 aromatic carbocycles. The van der Waals surface area contributed by atoms with Gasteiger partial charge in [-0.3, -0.25) is 0 Å². The van der Waals surface area contributed by atoms with Crippen LogP contribution in [0.25, 0.3) is 22.8 Å². The second-order valence-corrected chi connectivity index (χ2v) is 9.86. The van der Waals surface area contributed by atoms with Crippen molar-refractivity contribution in [3.63, 3.8) is 0 Å². The minimum atomic E-state index is 0.193. The number of nitrogens with zero attached hydrogens (tertiary/aromatic N) is 5. The molecule has 2 atom stereocenters. The first-order chi connectivity index (χ1) is 19.3. The van der Waals surface area contributed by atoms with Crippen molar-refractivity contribution in [2.24, 2.45) is 0 Å². The van der Waals surface area contributed by atoms with Gasteiger partial charge in [0.15, 0.2) is 11.6 Å². The van der Waals surface area contributed by atoms with Gasteiger partial charge in [-0.2, -0.15) is 10.4 Å². The summed E-state index contributed by atoms with van der Waals surface area (Å²) in [7, 11) is 0. The molecule has 0 saturated heterocycles. The van der Waals surface area contributed by atoms with Crippen LogP contribution < -0.4 is 4.90 Å². The molecule has 0 spiro atoms. The summed E-state index contributed by atoms with van der Waals surface area (Å²) in [5.74, 6) is 1.81. The molecule has 0 radical (unpaired) electrons. The largest absolute Gasteiger partial charge is 0.333 e. The fraction of sp³-hybridized carbons (Fsp3) is 0.0882. The number of rotatable bonds is 5. The average Bonchev–Trinajstić information content (AvgIpc) is 3.57. The van der Waals surface area contributed by atoms with Gasteiger partial charge in [-0.1, -0.05) is 97.1 Å². The molecular weight excluding hydrogens is 478 g/mol. The molecule has 5 aromatic rings.